The summed E-state index contributed by atoms with van der Waals surface area (Å²) >= 11 is 0. The summed E-state index contributed by atoms with van der Waals surface area (Å²) in [6, 6.07) is 56.6. The monoisotopic (exact) mass is 546 g/mol. The van der Waals surface area contributed by atoms with Gasteiger partial charge in [0.25, 0.3) is 0 Å². The van der Waals surface area contributed by atoms with Crippen LogP contribution in [0.3, 0.4) is 0 Å². The molecule has 0 amide bonds. The number of fused-ring (bicyclic) bond motifs is 1. The molecule has 0 saturated carbocycles. The molecule has 0 bridgehead atoms. The Hall–Kier alpha value is -5.66. The molecule has 0 fully saturated rings. The third-order valence-electron chi connectivity index (χ3n) is 8.87. The minimum absolute atomic E-state index is 0.905. The van der Waals surface area contributed by atoms with Crippen LogP contribution in [-0.4, -0.2) is 0 Å². The molecule has 43 heavy (non-hydrogen) atoms. The Morgan fingerprint density at radius 3 is 1.44 bits per heavy atom. The van der Waals surface area contributed by atoms with E-state index in [0.29, 0.717) is 0 Å². The fourth-order valence-electron chi connectivity index (χ4n) is 6.86. The molecule has 0 radical (unpaired) electrons. The van der Waals surface area contributed by atoms with E-state index in [9.17, 15) is 0 Å². The molecule has 1 heteroatoms. The van der Waals surface area contributed by atoms with Crippen molar-refractivity contribution in [3.8, 4) is 44.7 Å². The normalized spacial score (nSPS) is 11.7. The number of hydrogen-bond donors (Lipinski definition) is 0. The summed E-state index contributed by atoms with van der Waals surface area (Å²) < 4.78 is 6.42. The van der Waals surface area contributed by atoms with Crippen molar-refractivity contribution in [2.45, 2.75) is 0 Å². The van der Waals surface area contributed by atoms with E-state index in [1.54, 1.807) is 0 Å². The predicted octanol–water partition coefficient (Wildman–Crippen LogP) is 12.0. The number of rotatable bonds is 4. The molecule has 0 saturated heterocycles. The zero-order valence-corrected chi connectivity index (χ0v) is 23.4. The van der Waals surface area contributed by atoms with Crippen LogP contribution >= 0.6 is 0 Å². The largest absolute Gasteiger partial charge is 0.455 e. The van der Waals surface area contributed by atoms with Gasteiger partial charge in [-0.25, -0.2) is 0 Å². The lowest BCUT2D eigenvalue weighted by molar-refractivity contribution is 0.632. The summed E-state index contributed by atoms with van der Waals surface area (Å²) in [4.78, 5) is 0. The standard InChI is InChI=1S/C42H26O/c1-3-9-27(10-4-1)33-23-19-29-22-26-36-34(24-20-30-21-25-35(33)39(29)40(30)36)28-15-17-31(18-16-28)41-37-13-7-8-14-38(37)43-42(41)32-11-5-2-6-12-32/h1-26H. The minimum atomic E-state index is 0.905. The van der Waals surface area contributed by atoms with Crippen molar-refractivity contribution in [1.29, 1.82) is 0 Å². The van der Waals surface area contributed by atoms with Gasteiger partial charge >= 0.3 is 0 Å². The van der Waals surface area contributed by atoms with Gasteiger partial charge in [-0.2, -0.15) is 0 Å². The second-order valence-electron chi connectivity index (χ2n) is 11.3. The molecule has 1 nitrogen and oxygen atoms in total. The Morgan fingerprint density at radius 1 is 0.326 bits per heavy atom. The van der Waals surface area contributed by atoms with Crippen molar-refractivity contribution in [2.24, 2.45) is 0 Å². The first-order chi connectivity index (χ1) is 21.3. The van der Waals surface area contributed by atoms with Gasteiger partial charge in [-0.1, -0.05) is 152 Å². The van der Waals surface area contributed by atoms with Crippen molar-refractivity contribution in [3.63, 3.8) is 0 Å². The lowest BCUT2D eigenvalue weighted by Gasteiger charge is -2.16. The molecule has 0 aliphatic heterocycles. The van der Waals surface area contributed by atoms with Crippen LogP contribution < -0.4 is 0 Å². The number of para-hydroxylation sites is 1. The lowest BCUT2D eigenvalue weighted by atomic mass is 9.87. The Morgan fingerprint density at radius 2 is 0.814 bits per heavy atom. The lowest BCUT2D eigenvalue weighted by Crippen LogP contribution is -1.89. The van der Waals surface area contributed by atoms with E-state index in [2.05, 4.69) is 140 Å². The summed E-state index contributed by atoms with van der Waals surface area (Å²) in [6.07, 6.45) is 0. The van der Waals surface area contributed by atoms with Crippen LogP contribution in [0.2, 0.25) is 0 Å². The van der Waals surface area contributed by atoms with Gasteiger partial charge in [0.2, 0.25) is 0 Å². The second kappa shape index (κ2) is 9.44. The summed E-state index contributed by atoms with van der Waals surface area (Å²) in [5, 5.41) is 8.94. The van der Waals surface area contributed by atoms with Crippen molar-refractivity contribution in [2.75, 3.05) is 0 Å². The highest BCUT2D eigenvalue weighted by atomic mass is 16.3. The van der Waals surface area contributed by atoms with E-state index in [0.717, 1.165) is 33.4 Å². The number of hydrogen-bond acceptors (Lipinski definition) is 1. The van der Waals surface area contributed by atoms with E-state index >= 15 is 0 Å². The van der Waals surface area contributed by atoms with Crippen LogP contribution in [0.15, 0.2) is 162 Å². The first-order valence-electron chi connectivity index (χ1n) is 14.8. The molecule has 0 atom stereocenters. The average molecular weight is 547 g/mol. The van der Waals surface area contributed by atoms with Gasteiger partial charge in [-0.15, -0.1) is 0 Å². The van der Waals surface area contributed by atoms with E-state index < -0.39 is 0 Å². The van der Waals surface area contributed by atoms with Gasteiger partial charge in [0.15, 0.2) is 0 Å². The van der Waals surface area contributed by atoms with Crippen LogP contribution in [0, 0.1) is 0 Å². The van der Waals surface area contributed by atoms with Gasteiger partial charge in [0, 0.05) is 16.5 Å². The zero-order valence-electron chi connectivity index (χ0n) is 23.4. The van der Waals surface area contributed by atoms with Crippen molar-refractivity contribution in [3.05, 3.63) is 158 Å². The van der Waals surface area contributed by atoms with E-state index in [1.807, 2.05) is 18.2 Å². The molecule has 1 heterocycles. The minimum Gasteiger partial charge on any atom is -0.455 e. The Balaban J connectivity index is 1.22. The molecular weight excluding hydrogens is 520 g/mol. The molecule has 8 aromatic carbocycles. The van der Waals surface area contributed by atoms with Crippen LogP contribution in [0.4, 0.5) is 0 Å². The molecular formula is C42H26O. The van der Waals surface area contributed by atoms with Crippen LogP contribution in [0.5, 0.6) is 0 Å². The molecule has 0 aliphatic rings. The van der Waals surface area contributed by atoms with Crippen LogP contribution in [0.25, 0.3) is 88.0 Å². The van der Waals surface area contributed by atoms with Gasteiger partial charge in [0.1, 0.15) is 11.3 Å². The third-order valence-corrected chi connectivity index (χ3v) is 8.87. The smallest absolute Gasteiger partial charge is 0.143 e. The van der Waals surface area contributed by atoms with Gasteiger partial charge in [-0.3, -0.25) is 0 Å². The fourth-order valence-corrected chi connectivity index (χ4v) is 6.86. The molecule has 9 rings (SSSR count). The summed E-state index contributed by atoms with van der Waals surface area (Å²) in [5.74, 6) is 0.909. The Labute approximate surface area is 249 Å². The summed E-state index contributed by atoms with van der Waals surface area (Å²) in [7, 11) is 0. The molecule has 0 N–H and O–H groups in total. The number of benzene rings is 8. The predicted molar refractivity (Wildman–Crippen MR) is 182 cm³/mol. The zero-order chi connectivity index (χ0) is 28.3. The third kappa shape index (κ3) is 3.72. The average Bonchev–Trinajstić information content (AvgIpc) is 3.48. The van der Waals surface area contributed by atoms with Crippen molar-refractivity contribution >= 4 is 43.3 Å². The molecule has 0 spiro atoms. The van der Waals surface area contributed by atoms with E-state index in [4.69, 9.17) is 4.42 Å². The van der Waals surface area contributed by atoms with Crippen LogP contribution in [-0.2, 0) is 0 Å². The molecule has 0 aliphatic carbocycles. The Kier molecular flexibility index (Phi) is 5.27. The maximum absolute atomic E-state index is 6.42. The maximum Gasteiger partial charge on any atom is 0.143 e. The van der Waals surface area contributed by atoms with Crippen LogP contribution in [0.1, 0.15) is 0 Å². The topological polar surface area (TPSA) is 13.1 Å². The maximum atomic E-state index is 6.42. The SMILES string of the molecule is c1ccc(-c2oc3ccccc3c2-c2ccc(-c3ccc4ccc5c(-c6ccccc6)ccc6ccc3c4c65)cc2)cc1. The van der Waals surface area contributed by atoms with Crippen molar-refractivity contribution in [1.82, 2.24) is 0 Å². The Bertz CT molecular complexity index is 2410. The van der Waals surface area contributed by atoms with E-state index in [1.165, 1.54) is 54.6 Å². The fraction of sp³-hybridized carbons (Fsp3) is 0. The summed E-state index contributed by atoms with van der Waals surface area (Å²) in [5.41, 5.74) is 9.26. The van der Waals surface area contributed by atoms with Gasteiger partial charge < -0.3 is 4.42 Å². The molecule has 200 valence electrons. The van der Waals surface area contributed by atoms with E-state index in [-0.39, 0.29) is 0 Å². The molecule has 1 aromatic heterocycles. The highest BCUT2D eigenvalue weighted by Crippen LogP contribution is 2.44. The highest BCUT2D eigenvalue weighted by Gasteiger charge is 2.18. The first kappa shape index (κ1) is 24.0. The highest BCUT2D eigenvalue weighted by molar-refractivity contribution is 6.27. The molecule has 0 unspecified atom stereocenters. The number of furan rings is 1. The molecule has 9 aromatic rings. The quantitative estimate of drug-likeness (QED) is 0.200. The second-order valence-corrected chi connectivity index (χ2v) is 11.3. The first-order valence-corrected chi connectivity index (χ1v) is 14.8. The van der Waals surface area contributed by atoms with Crippen molar-refractivity contribution < 1.29 is 4.42 Å². The summed E-state index contributed by atoms with van der Waals surface area (Å²) in [6.45, 7) is 0. The van der Waals surface area contributed by atoms with Gasteiger partial charge in [-0.05, 0) is 66.2 Å². The van der Waals surface area contributed by atoms with Gasteiger partial charge in [0.05, 0.1) is 0 Å².